The smallest absolute Gasteiger partial charge is 0.387 e. The number of nitro groups is 1. The van der Waals surface area contributed by atoms with Crippen LogP contribution in [-0.2, 0) is 0 Å². The van der Waals surface area contributed by atoms with Gasteiger partial charge in [0.2, 0.25) is 0 Å². The number of alkyl halides is 2. The predicted octanol–water partition coefficient (Wildman–Crippen LogP) is 3.16. The number of ketones is 1. The van der Waals surface area contributed by atoms with Gasteiger partial charge in [0.1, 0.15) is 10.2 Å². The van der Waals surface area contributed by atoms with Gasteiger partial charge in [-0.3, -0.25) is 14.9 Å². The fraction of sp³-hybridized carbons (Fsp3) is 0.222. The van der Waals surface area contributed by atoms with Crippen LogP contribution in [0.25, 0.3) is 0 Å². The van der Waals surface area contributed by atoms with Crippen molar-refractivity contribution in [1.29, 1.82) is 0 Å². The third-order valence-electron chi connectivity index (χ3n) is 1.83. The van der Waals surface area contributed by atoms with Gasteiger partial charge in [-0.15, -0.1) is 0 Å². The highest BCUT2D eigenvalue weighted by Crippen LogP contribution is 2.34. The molecule has 5 nitrogen and oxygen atoms in total. The molecule has 0 saturated carbocycles. The summed E-state index contributed by atoms with van der Waals surface area (Å²) in [6, 6.07) is 1.84. The Bertz CT molecular complexity index is 443. The molecule has 0 aliphatic carbocycles. The topological polar surface area (TPSA) is 69.4 Å². The number of hydrogen-bond donors (Lipinski definition) is 0. The number of ether oxygens (including phenoxy) is 1. The number of hydrogen-bond acceptors (Lipinski definition) is 4. The zero-order valence-corrected chi connectivity index (χ0v) is 10.0. The minimum absolute atomic E-state index is 0.0587. The van der Waals surface area contributed by atoms with Crippen molar-refractivity contribution in [3.63, 3.8) is 0 Å². The van der Waals surface area contributed by atoms with Crippen molar-refractivity contribution < 1.29 is 23.2 Å². The van der Waals surface area contributed by atoms with Gasteiger partial charge in [0.05, 0.1) is 11.0 Å². The van der Waals surface area contributed by atoms with Gasteiger partial charge in [0.25, 0.3) is 5.69 Å². The van der Waals surface area contributed by atoms with Crippen molar-refractivity contribution in [2.24, 2.45) is 0 Å². The first-order valence-corrected chi connectivity index (χ1v) is 5.06. The Labute approximate surface area is 103 Å². The van der Waals surface area contributed by atoms with Gasteiger partial charge in [-0.2, -0.15) is 8.78 Å². The Morgan fingerprint density at radius 1 is 1.53 bits per heavy atom. The summed E-state index contributed by atoms with van der Waals surface area (Å²) in [5, 5.41) is 10.7. The number of carbonyl (C=O) groups excluding carboxylic acids is 1. The lowest BCUT2D eigenvalue weighted by atomic mass is 10.1. The van der Waals surface area contributed by atoms with E-state index in [1.54, 1.807) is 0 Å². The molecule has 1 aromatic carbocycles. The van der Waals surface area contributed by atoms with Crippen molar-refractivity contribution in [2.45, 2.75) is 13.5 Å². The van der Waals surface area contributed by atoms with Crippen LogP contribution < -0.4 is 4.74 Å². The first-order valence-electron chi connectivity index (χ1n) is 4.26. The van der Waals surface area contributed by atoms with Gasteiger partial charge in [0, 0.05) is 5.56 Å². The third-order valence-corrected chi connectivity index (χ3v) is 2.66. The maximum absolute atomic E-state index is 12.0. The Balaban J connectivity index is 3.36. The van der Waals surface area contributed by atoms with E-state index in [2.05, 4.69) is 20.7 Å². The Kier molecular flexibility index (Phi) is 4.11. The molecule has 0 bridgehead atoms. The summed E-state index contributed by atoms with van der Waals surface area (Å²) >= 11 is 2.88. The summed E-state index contributed by atoms with van der Waals surface area (Å²) < 4.78 is 28.0. The van der Waals surface area contributed by atoms with Gasteiger partial charge in [-0.25, -0.2) is 0 Å². The SMILES string of the molecule is CC(=O)c1cc(OC(F)F)cc([N+](=O)[O-])c1Br. The second-order valence-corrected chi connectivity index (χ2v) is 3.79. The molecular formula is C9H6BrF2NO4. The van der Waals surface area contributed by atoms with E-state index < -0.39 is 28.8 Å². The van der Waals surface area contributed by atoms with E-state index in [4.69, 9.17) is 0 Å². The van der Waals surface area contributed by atoms with Gasteiger partial charge in [0.15, 0.2) is 5.78 Å². The summed E-state index contributed by atoms with van der Waals surface area (Å²) in [6.07, 6.45) is 0. The highest BCUT2D eigenvalue weighted by molar-refractivity contribution is 9.10. The molecule has 0 N–H and O–H groups in total. The molecule has 0 unspecified atom stereocenters. The summed E-state index contributed by atoms with van der Waals surface area (Å²) in [5.74, 6) is -0.931. The Morgan fingerprint density at radius 2 is 2.12 bits per heavy atom. The third kappa shape index (κ3) is 3.19. The lowest BCUT2D eigenvalue weighted by Crippen LogP contribution is -2.05. The maximum Gasteiger partial charge on any atom is 0.387 e. The van der Waals surface area contributed by atoms with Gasteiger partial charge in [-0.05, 0) is 28.9 Å². The van der Waals surface area contributed by atoms with Crippen molar-refractivity contribution in [3.05, 3.63) is 32.3 Å². The van der Waals surface area contributed by atoms with E-state index >= 15 is 0 Å². The lowest BCUT2D eigenvalue weighted by molar-refractivity contribution is -0.385. The van der Waals surface area contributed by atoms with Crippen LogP contribution in [0.4, 0.5) is 14.5 Å². The number of benzene rings is 1. The number of Topliss-reactive ketones (excluding diaryl/α,β-unsaturated/α-hetero) is 1. The molecule has 0 aliphatic heterocycles. The van der Waals surface area contributed by atoms with Crippen LogP contribution in [0.15, 0.2) is 16.6 Å². The standard InChI is InChI=1S/C9H6BrF2NO4/c1-4(14)6-2-5(17-9(11)12)3-7(8(6)10)13(15)16/h2-3,9H,1H3. The van der Waals surface area contributed by atoms with Crippen LogP contribution in [0.1, 0.15) is 17.3 Å². The predicted molar refractivity (Wildman–Crippen MR) is 57.4 cm³/mol. The number of nitro benzene ring substituents is 1. The summed E-state index contributed by atoms with van der Waals surface area (Å²) in [7, 11) is 0. The first-order chi connectivity index (χ1) is 7.82. The molecule has 92 valence electrons. The Morgan fingerprint density at radius 3 is 2.53 bits per heavy atom. The monoisotopic (exact) mass is 309 g/mol. The molecule has 0 fully saturated rings. The first kappa shape index (κ1) is 13.5. The number of rotatable bonds is 4. The zero-order chi connectivity index (χ0) is 13.2. The average Bonchev–Trinajstić information content (AvgIpc) is 2.18. The van der Waals surface area contributed by atoms with Crippen LogP contribution in [-0.4, -0.2) is 17.3 Å². The zero-order valence-electron chi connectivity index (χ0n) is 8.45. The average molecular weight is 310 g/mol. The van der Waals surface area contributed by atoms with Crippen LogP contribution in [0.5, 0.6) is 5.75 Å². The molecule has 0 saturated heterocycles. The quantitative estimate of drug-likeness (QED) is 0.486. The largest absolute Gasteiger partial charge is 0.435 e. The molecule has 1 rings (SSSR count). The van der Waals surface area contributed by atoms with Crippen LogP contribution >= 0.6 is 15.9 Å². The summed E-state index contributed by atoms with van der Waals surface area (Å²) in [5.41, 5.74) is -0.594. The van der Waals surface area contributed by atoms with E-state index in [0.29, 0.717) is 0 Å². The molecule has 0 aliphatic rings. The van der Waals surface area contributed by atoms with E-state index in [1.165, 1.54) is 0 Å². The number of nitrogens with zero attached hydrogens (tertiary/aromatic N) is 1. The Hall–Kier alpha value is -1.57. The van der Waals surface area contributed by atoms with Crippen molar-refractivity contribution in [1.82, 2.24) is 0 Å². The molecular weight excluding hydrogens is 304 g/mol. The second-order valence-electron chi connectivity index (χ2n) is 3.00. The summed E-state index contributed by atoms with van der Waals surface area (Å²) in [6.45, 7) is -1.95. The van der Waals surface area contributed by atoms with Crippen molar-refractivity contribution in [3.8, 4) is 5.75 Å². The molecule has 0 amide bonds. The van der Waals surface area contributed by atoms with Gasteiger partial charge < -0.3 is 4.74 Å². The lowest BCUT2D eigenvalue weighted by Gasteiger charge is -2.07. The van der Waals surface area contributed by atoms with Gasteiger partial charge >= 0.3 is 6.61 Å². The van der Waals surface area contributed by atoms with E-state index in [-0.39, 0.29) is 10.0 Å². The molecule has 1 aromatic rings. The van der Waals surface area contributed by atoms with Gasteiger partial charge in [-0.1, -0.05) is 0 Å². The fourth-order valence-electron chi connectivity index (χ4n) is 1.14. The van der Waals surface area contributed by atoms with Crippen LogP contribution in [0.3, 0.4) is 0 Å². The van der Waals surface area contributed by atoms with Crippen molar-refractivity contribution >= 4 is 27.4 Å². The van der Waals surface area contributed by atoms with E-state index in [1.807, 2.05) is 0 Å². The summed E-state index contributed by atoms with van der Waals surface area (Å²) in [4.78, 5) is 21.0. The van der Waals surface area contributed by atoms with Crippen molar-refractivity contribution in [2.75, 3.05) is 0 Å². The minimum Gasteiger partial charge on any atom is -0.435 e. The number of carbonyl (C=O) groups is 1. The highest BCUT2D eigenvalue weighted by atomic mass is 79.9. The normalized spacial score (nSPS) is 10.4. The van der Waals surface area contributed by atoms with E-state index in [9.17, 15) is 23.7 Å². The second kappa shape index (κ2) is 5.17. The highest BCUT2D eigenvalue weighted by Gasteiger charge is 2.21. The molecule has 8 heteroatoms. The van der Waals surface area contributed by atoms with Crippen LogP contribution in [0.2, 0.25) is 0 Å². The molecule has 0 heterocycles. The van der Waals surface area contributed by atoms with Crippen LogP contribution in [0, 0.1) is 10.1 Å². The molecule has 0 atom stereocenters. The molecule has 0 spiro atoms. The van der Waals surface area contributed by atoms with E-state index in [0.717, 1.165) is 19.1 Å². The fourth-order valence-corrected chi connectivity index (χ4v) is 1.80. The molecule has 0 radical (unpaired) electrons. The minimum atomic E-state index is -3.12. The molecule has 17 heavy (non-hydrogen) atoms. The molecule has 0 aromatic heterocycles. The number of halogens is 3. The maximum atomic E-state index is 12.0.